The summed E-state index contributed by atoms with van der Waals surface area (Å²) in [6.07, 6.45) is 2.25. The standard InChI is InChI=1S/C15H22ClNO2.C14H9Cl2NO5.C14H13NO7S.C11H11Cl2NO2/c1-5-13-8-6-7-11(2)15(13)17(14(18)9-16)12(3)10-19-4;1-21-14(18)10-7-9(3-4-12(10)17(19)20)22-13-5-2-8(15)6-11(13)16;1-23(21,22)8-5-6-9(10(7-8)15(19)20)14(18)13-11(16)3-2-4-12(13)17;1-7-6-16-9-5-3-2-4-8(9)14(7)11(15)10(12)13/h6-8,12H,5,9-10H2,1-4H3;2-7H,1H3;5-7,13H,2-4H2,1H3;2-5,7,10H,6H2,1H3. The number of aryl methyl sites for hydroxylation is 2. The second-order valence-electron chi connectivity index (χ2n) is 17.7. The number of nitrogens with zero attached hydrogens (tertiary/aromatic N) is 4. The van der Waals surface area contributed by atoms with Crippen LogP contribution in [0.5, 0.6) is 17.2 Å². The predicted molar refractivity (Wildman–Crippen MR) is 303 cm³/mol. The van der Waals surface area contributed by atoms with Crippen LogP contribution in [0.4, 0.5) is 22.7 Å². The molecule has 0 radical (unpaired) electrons. The second-order valence-corrected chi connectivity index (χ2v) is 21.9. The Bertz CT molecular complexity index is 3240. The quantitative estimate of drug-likeness (QED) is 0.0235. The van der Waals surface area contributed by atoms with E-state index in [0.717, 1.165) is 66.6 Å². The molecule has 20 nitrogen and oxygen atoms in total. The molecule has 0 N–H and O–H groups in total. The molecule has 26 heteroatoms. The minimum Gasteiger partial charge on any atom is -0.489 e. The number of anilines is 2. The SMILES string of the molecule is CC1COc2ccccc2N1C(=O)C(Cl)Cl.CCc1cccc(C)c1N(C(=O)CCl)C(C)COC.COC(=O)c1cc(Oc2ccc(Cl)cc2Cl)ccc1[N+](=O)[O-].CS(=O)(=O)c1ccc(C(=O)C2C(=O)CCCC2=O)c([N+](=O)[O-])c1. The molecule has 428 valence electrons. The minimum absolute atomic E-state index is 0.0223. The number of halogens is 5. The van der Waals surface area contributed by atoms with Gasteiger partial charge in [-0.05, 0) is 93.3 Å². The maximum absolute atomic E-state index is 12.4. The maximum atomic E-state index is 12.4. The van der Waals surface area contributed by atoms with E-state index >= 15 is 0 Å². The van der Waals surface area contributed by atoms with Crippen LogP contribution in [0.25, 0.3) is 0 Å². The molecule has 1 heterocycles. The van der Waals surface area contributed by atoms with E-state index in [1.54, 1.807) is 29.0 Å². The van der Waals surface area contributed by atoms with Gasteiger partial charge in [0.15, 0.2) is 32.0 Å². The number of nitro groups is 2. The molecule has 1 aliphatic carbocycles. The molecule has 7 rings (SSSR count). The second kappa shape index (κ2) is 30.2. The summed E-state index contributed by atoms with van der Waals surface area (Å²) < 4.78 is 43.7. The van der Waals surface area contributed by atoms with Crippen molar-refractivity contribution in [3.63, 3.8) is 0 Å². The summed E-state index contributed by atoms with van der Waals surface area (Å²) in [7, 11) is -0.925. The zero-order valence-electron chi connectivity index (χ0n) is 44.1. The van der Waals surface area contributed by atoms with Gasteiger partial charge in [-0.1, -0.05) is 83.7 Å². The topological polar surface area (TPSA) is 266 Å². The number of nitro benzene ring substituents is 2. The smallest absolute Gasteiger partial charge is 0.345 e. The molecule has 1 fully saturated rings. The van der Waals surface area contributed by atoms with Gasteiger partial charge in [0.25, 0.3) is 17.3 Å². The van der Waals surface area contributed by atoms with Crippen molar-refractivity contribution in [3.8, 4) is 17.2 Å². The first-order chi connectivity index (χ1) is 37.7. The van der Waals surface area contributed by atoms with Crippen molar-refractivity contribution in [2.24, 2.45) is 5.92 Å². The highest BCUT2D eigenvalue weighted by Gasteiger charge is 2.39. The molecule has 0 bridgehead atoms. The van der Waals surface area contributed by atoms with Crippen LogP contribution in [-0.2, 0) is 44.9 Å². The highest BCUT2D eigenvalue weighted by atomic mass is 35.5. The van der Waals surface area contributed by atoms with Crippen LogP contribution in [0.1, 0.15) is 71.9 Å². The van der Waals surface area contributed by atoms with Gasteiger partial charge >= 0.3 is 5.97 Å². The molecule has 2 aliphatic rings. The zero-order chi connectivity index (χ0) is 59.8. The molecule has 2 amide bonds. The Labute approximate surface area is 486 Å². The first-order valence-electron chi connectivity index (χ1n) is 24.1. The third-order valence-corrected chi connectivity index (χ3v) is 14.2. The molecule has 2 unspecified atom stereocenters. The lowest BCUT2D eigenvalue weighted by Gasteiger charge is -2.35. The fraction of sp³-hybridized carbons (Fsp3) is 0.333. The van der Waals surface area contributed by atoms with Gasteiger partial charge in [0, 0.05) is 49.4 Å². The van der Waals surface area contributed by atoms with Gasteiger partial charge in [-0.3, -0.25) is 44.2 Å². The largest absolute Gasteiger partial charge is 0.489 e. The van der Waals surface area contributed by atoms with E-state index in [4.69, 9.17) is 72.2 Å². The zero-order valence-corrected chi connectivity index (χ0v) is 48.7. The molecule has 5 aromatic rings. The minimum atomic E-state index is -3.70. The van der Waals surface area contributed by atoms with Crippen molar-refractivity contribution in [1.29, 1.82) is 0 Å². The van der Waals surface area contributed by atoms with Gasteiger partial charge < -0.3 is 28.7 Å². The number of carbonyl (C=O) groups excluding carboxylic acids is 6. The lowest BCUT2D eigenvalue weighted by molar-refractivity contribution is -0.385. The third kappa shape index (κ3) is 17.1. The fourth-order valence-corrected chi connectivity index (χ4v) is 9.64. The van der Waals surface area contributed by atoms with Crippen molar-refractivity contribution in [1.82, 2.24) is 0 Å². The highest BCUT2D eigenvalue weighted by Crippen LogP contribution is 2.36. The number of amides is 2. The number of fused-ring (bicyclic) bond motifs is 1. The van der Waals surface area contributed by atoms with Crippen LogP contribution in [0.15, 0.2) is 102 Å². The van der Waals surface area contributed by atoms with E-state index in [1.165, 1.54) is 18.2 Å². The number of ether oxygens (including phenoxy) is 4. The Morgan fingerprint density at radius 3 is 2.08 bits per heavy atom. The highest BCUT2D eigenvalue weighted by molar-refractivity contribution is 7.90. The van der Waals surface area contributed by atoms with Crippen LogP contribution in [0.2, 0.25) is 10.0 Å². The molecule has 0 aromatic heterocycles. The molecule has 80 heavy (non-hydrogen) atoms. The number of carbonyl (C=O) groups is 6. The number of hydrogen-bond donors (Lipinski definition) is 0. The van der Waals surface area contributed by atoms with Crippen molar-refractivity contribution < 1.29 is 66.0 Å². The van der Waals surface area contributed by atoms with E-state index in [9.17, 15) is 57.4 Å². The van der Waals surface area contributed by atoms with Gasteiger partial charge in [0.1, 0.15) is 41.2 Å². The Kier molecular flexibility index (Phi) is 24.8. The molecule has 5 aromatic carbocycles. The first-order valence-corrected chi connectivity index (χ1v) is 28.1. The number of Topliss-reactive ketones (excluding diaryl/α,β-unsaturated/α-hetero) is 3. The van der Waals surface area contributed by atoms with Crippen LogP contribution < -0.4 is 19.3 Å². The summed E-state index contributed by atoms with van der Waals surface area (Å²) >= 11 is 28.8. The number of esters is 1. The van der Waals surface area contributed by atoms with Gasteiger partial charge in [0.05, 0.1) is 62.5 Å². The maximum Gasteiger partial charge on any atom is 0.345 e. The number of rotatable bonds is 15. The van der Waals surface area contributed by atoms with Gasteiger partial charge in [-0.25, -0.2) is 13.2 Å². The molecule has 1 aliphatic heterocycles. The number of ketones is 3. The number of hydrogen-bond acceptors (Lipinski definition) is 16. The number of methoxy groups -OCH3 is 2. The molecular weight excluding hydrogens is 1170 g/mol. The summed E-state index contributed by atoms with van der Waals surface area (Å²) in [6.45, 7) is 8.90. The summed E-state index contributed by atoms with van der Waals surface area (Å²) in [5.74, 6) is -3.68. The van der Waals surface area contributed by atoms with E-state index in [-0.39, 0.29) is 69.5 Å². The predicted octanol–water partition coefficient (Wildman–Crippen LogP) is 11.4. The Balaban J connectivity index is 0.000000232. The Morgan fingerprint density at radius 2 is 1.51 bits per heavy atom. The number of sulfone groups is 1. The third-order valence-electron chi connectivity index (χ3n) is 11.9. The van der Waals surface area contributed by atoms with Crippen molar-refractivity contribution in [2.75, 3.05) is 49.4 Å². The Hall–Kier alpha value is -6.72. The van der Waals surface area contributed by atoms with E-state index < -0.39 is 65.0 Å². The summed E-state index contributed by atoms with van der Waals surface area (Å²) in [5.41, 5.74) is 2.18. The normalized spacial score (nSPS) is 14.3. The molecule has 0 saturated heterocycles. The van der Waals surface area contributed by atoms with Crippen LogP contribution >= 0.6 is 58.0 Å². The Morgan fingerprint density at radius 1 is 0.863 bits per heavy atom. The van der Waals surface area contributed by atoms with Crippen LogP contribution in [0.3, 0.4) is 0 Å². The number of benzene rings is 5. The van der Waals surface area contributed by atoms with Gasteiger partial charge in [0.2, 0.25) is 5.91 Å². The van der Waals surface area contributed by atoms with Crippen molar-refractivity contribution in [3.05, 3.63) is 150 Å². The molecular formula is C54H55Cl5N4O16S. The number of alkyl halides is 3. The fourth-order valence-electron chi connectivity index (χ4n) is 8.21. The summed E-state index contributed by atoms with van der Waals surface area (Å²) in [5, 5.41) is 22.8. The van der Waals surface area contributed by atoms with Crippen LogP contribution in [0, 0.1) is 33.1 Å². The lowest BCUT2D eigenvalue weighted by atomic mass is 9.81. The number of para-hydroxylation sites is 3. The summed E-state index contributed by atoms with van der Waals surface area (Å²) in [4.78, 5) is 94.2. The average Bonchev–Trinajstić information content (AvgIpc) is 3.51. The monoisotopic (exact) mass is 1220 g/mol. The first kappa shape index (κ1) is 65.8. The van der Waals surface area contributed by atoms with Crippen LogP contribution in [-0.4, -0.2) is 110 Å². The lowest BCUT2D eigenvalue weighted by Crippen LogP contribution is -2.47. The molecule has 1 saturated carbocycles. The van der Waals surface area contributed by atoms with E-state index in [2.05, 4.69) is 17.7 Å². The molecule has 0 spiro atoms. The van der Waals surface area contributed by atoms with Gasteiger partial charge in [-0.2, -0.15) is 0 Å². The van der Waals surface area contributed by atoms with Gasteiger partial charge in [-0.15, -0.1) is 11.6 Å². The van der Waals surface area contributed by atoms with Crippen molar-refractivity contribution in [2.45, 2.75) is 75.2 Å². The molecule has 2 atom stereocenters. The average molecular weight is 1230 g/mol. The van der Waals surface area contributed by atoms with Crippen molar-refractivity contribution >= 4 is 126 Å². The summed E-state index contributed by atoms with van der Waals surface area (Å²) in [6, 6.07) is 24.5. The van der Waals surface area contributed by atoms with E-state index in [0.29, 0.717) is 36.2 Å². The van der Waals surface area contributed by atoms with E-state index in [1.807, 2.05) is 57.2 Å².